The first-order chi connectivity index (χ1) is 15.5. The van der Waals surface area contributed by atoms with E-state index in [0.29, 0.717) is 0 Å². The number of hydrogen-bond donors (Lipinski definition) is 2. The van der Waals surface area contributed by atoms with E-state index in [4.69, 9.17) is 24.5 Å². The van der Waals surface area contributed by atoms with Crippen molar-refractivity contribution in [1.29, 1.82) is 0 Å². The van der Waals surface area contributed by atoms with E-state index in [1.54, 1.807) is 12.1 Å². The molecule has 0 amide bonds. The average molecular weight is 506 g/mol. The standard InChI is InChI=1S/C16H23FN2O.2C2HF3O2/c1-18-8-2-7-16(12-18)13-19(9-10-20-16)11-14-3-5-15(17)6-4-14;2*3-2(4,5)1(6)7/h3-6H,2,7-13H2,1H3;2*(H,6,7). The topological polar surface area (TPSA) is 90.3 Å². The second-order valence-electron chi connectivity index (χ2n) is 7.82. The van der Waals surface area contributed by atoms with E-state index >= 15 is 0 Å². The fourth-order valence-corrected chi connectivity index (χ4v) is 3.47. The van der Waals surface area contributed by atoms with Crippen LogP contribution in [0.5, 0.6) is 0 Å². The maximum absolute atomic E-state index is 13.0. The van der Waals surface area contributed by atoms with Gasteiger partial charge in [-0.1, -0.05) is 12.1 Å². The zero-order valence-electron chi connectivity index (χ0n) is 18.1. The molecule has 2 aliphatic heterocycles. The van der Waals surface area contributed by atoms with Gasteiger partial charge in [0.25, 0.3) is 0 Å². The number of carboxylic acids is 2. The Morgan fingerprint density at radius 3 is 1.91 bits per heavy atom. The number of alkyl halides is 6. The minimum Gasteiger partial charge on any atom is -0.475 e. The third kappa shape index (κ3) is 10.7. The molecule has 14 heteroatoms. The number of morpholine rings is 1. The average Bonchev–Trinajstić information content (AvgIpc) is 2.69. The number of carboxylic acid groups (broad SMARTS) is 2. The molecule has 0 aliphatic carbocycles. The summed E-state index contributed by atoms with van der Waals surface area (Å²) in [5.41, 5.74) is 1.18. The van der Waals surface area contributed by atoms with Crippen molar-refractivity contribution in [2.75, 3.05) is 39.8 Å². The first kappa shape index (κ1) is 29.6. The molecule has 194 valence electrons. The van der Waals surface area contributed by atoms with Crippen LogP contribution in [0.3, 0.4) is 0 Å². The van der Waals surface area contributed by atoms with Gasteiger partial charge in [-0.15, -0.1) is 0 Å². The molecule has 3 rings (SSSR count). The summed E-state index contributed by atoms with van der Waals surface area (Å²) in [4.78, 5) is 22.6. The molecular formula is C20H25F7N2O5. The molecule has 0 saturated carbocycles. The highest BCUT2D eigenvalue weighted by Crippen LogP contribution is 2.29. The van der Waals surface area contributed by atoms with Gasteiger partial charge in [0.15, 0.2) is 0 Å². The maximum atomic E-state index is 13.0. The van der Waals surface area contributed by atoms with Crippen LogP contribution in [0.2, 0.25) is 0 Å². The Bertz CT molecular complexity index is 774. The molecule has 7 nitrogen and oxygen atoms in total. The highest BCUT2D eigenvalue weighted by molar-refractivity contribution is 5.73. The lowest BCUT2D eigenvalue weighted by atomic mass is 9.91. The lowest BCUT2D eigenvalue weighted by Crippen LogP contribution is -2.58. The van der Waals surface area contributed by atoms with Crippen molar-refractivity contribution >= 4 is 11.9 Å². The van der Waals surface area contributed by atoms with Gasteiger partial charge in [0.1, 0.15) is 5.82 Å². The molecule has 2 fully saturated rings. The number of nitrogens with zero attached hydrogens (tertiary/aromatic N) is 2. The number of ether oxygens (including phenoxy) is 1. The number of aliphatic carboxylic acids is 2. The number of halogens is 7. The quantitative estimate of drug-likeness (QED) is 0.595. The van der Waals surface area contributed by atoms with E-state index < -0.39 is 24.3 Å². The second-order valence-corrected chi connectivity index (χ2v) is 7.82. The van der Waals surface area contributed by atoms with Crippen LogP contribution in [0.1, 0.15) is 18.4 Å². The third-order valence-electron chi connectivity index (χ3n) is 4.86. The van der Waals surface area contributed by atoms with Gasteiger partial charge >= 0.3 is 24.3 Å². The predicted molar refractivity (Wildman–Crippen MR) is 104 cm³/mol. The molecule has 0 aromatic heterocycles. The summed E-state index contributed by atoms with van der Waals surface area (Å²) >= 11 is 0. The zero-order chi connectivity index (χ0) is 26.2. The fraction of sp³-hybridized carbons (Fsp3) is 0.600. The highest BCUT2D eigenvalue weighted by atomic mass is 19.4. The van der Waals surface area contributed by atoms with Gasteiger partial charge in [0, 0.05) is 26.2 Å². The van der Waals surface area contributed by atoms with Crippen LogP contribution < -0.4 is 0 Å². The highest BCUT2D eigenvalue weighted by Gasteiger charge is 2.40. The van der Waals surface area contributed by atoms with Crippen LogP contribution in [0.25, 0.3) is 0 Å². The summed E-state index contributed by atoms with van der Waals surface area (Å²) in [5.74, 6) is -5.68. The summed E-state index contributed by atoms with van der Waals surface area (Å²) in [6.45, 7) is 5.82. The van der Waals surface area contributed by atoms with Crippen LogP contribution in [0.15, 0.2) is 24.3 Å². The van der Waals surface area contributed by atoms with Crippen molar-refractivity contribution in [2.24, 2.45) is 0 Å². The number of piperidine rings is 1. The molecule has 1 unspecified atom stereocenters. The van der Waals surface area contributed by atoms with Crippen LogP contribution >= 0.6 is 0 Å². The number of rotatable bonds is 2. The Kier molecular flexibility index (Phi) is 10.7. The smallest absolute Gasteiger partial charge is 0.475 e. The van der Waals surface area contributed by atoms with Gasteiger partial charge in [0.05, 0.1) is 12.2 Å². The molecular weight excluding hydrogens is 481 g/mol. The summed E-state index contributed by atoms with van der Waals surface area (Å²) in [6, 6.07) is 6.84. The number of likely N-dealkylation sites (N-methyl/N-ethyl adjacent to an activating group) is 1. The van der Waals surface area contributed by atoms with Crippen molar-refractivity contribution in [3.8, 4) is 0 Å². The molecule has 1 spiro atoms. The minimum absolute atomic E-state index is 0.00524. The lowest BCUT2D eigenvalue weighted by molar-refractivity contribution is -0.193. The molecule has 2 N–H and O–H groups in total. The molecule has 2 heterocycles. The SMILES string of the molecule is CN1CCCC2(C1)CN(Cc1ccc(F)cc1)CCO2.O=C(O)C(F)(F)F.O=C(O)C(F)(F)F. The van der Waals surface area contributed by atoms with Gasteiger partial charge in [-0.05, 0) is 44.1 Å². The number of carbonyl (C=O) groups is 2. The van der Waals surface area contributed by atoms with Crippen LogP contribution in [0.4, 0.5) is 30.7 Å². The Morgan fingerprint density at radius 2 is 1.47 bits per heavy atom. The van der Waals surface area contributed by atoms with Gasteiger partial charge in [-0.2, -0.15) is 26.3 Å². The molecule has 0 radical (unpaired) electrons. The fourth-order valence-electron chi connectivity index (χ4n) is 3.47. The van der Waals surface area contributed by atoms with Crippen LogP contribution in [-0.4, -0.2) is 89.7 Å². The van der Waals surface area contributed by atoms with E-state index in [1.165, 1.54) is 18.5 Å². The lowest BCUT2D eigenvalue weighted by Gasteiger charge is -2.47. The Morgan fingerprint density at radius 1 is 0.971 bits per heavy atom. The van der Waals surface area contributed by atoms with Crippen LogP contribution in [-0.2, 0) is 20.9 Å². The predicted octanol–water partition coefficient (Wildman–Crippen LogP) is 3.39. The van der Waals surface area contributed by atoms with Gasteiger partial charge < -0.3 is 19.8 Å². The van der Waals surface area contributed by atoms with Crippen molar-refractivity contribution in [1.82, 2.24) is 9.80 Å². The first-order valence-corrected chi connectivity index (χ1v) is 9.94. The van der Waals surface area contributed by atoms with E-state index in [0.717, 1.165) is 39.2 Å². The molecule has 34 heavy (non-hydrogen) atoms. The van der Waals surface area contributed by atoms with E-state index in [2.05, 4.69) is 16.8 Å². The number of likely N-dealkylation sites (tertiary alicyclic amines) is 1. The van der Waals surface area contributed by atoms with Gasteiger partial charge in [-0.3, -0.25) is 4.90 Å². The van der Waals surface area contributed by atoms with Crippen molar-refractivity contribution in [3.63, 3.8) is 0 Å². The number of hydrogen-bond acceptors (Lipinski definition) is 5. The van der Waals surface area contributed by atoms with Gasteiger partial charge in [-0.25, -0.2) is 14.0 Å². The maximum Gasteiger partial charge on any atom is 0.490 e. The van der Waals surface area contributed by atoms with Gasteiger partial charge in [0.2, 0.25) is 0 Å². The van der Waals surface area contributed by atoms with E-state index in [9.17, 15) is 30.7 Å². The Balaban J connectivity index is 0.000000343. The normalized spacial score (nSPS) is 21.6. The number of benzene rings is 1. The largest absolute Gasteiger partial charge is 0.490 e. The van der Waals surface area contributed by atoms with Crippen molar-refractivity contribution in [3.05, 3.63) is 35.6 Å². The van der Waals surface area contributed by atoms with Crippen molar-refractivity contribution in [2.45, 2.75) is 37.3 Å². The van der Waals surface area contributed by atoms with Crippen molar-refractivity contribution < 1.29 is 55.3 Å². The summed E-state index contributed by atoms with van der Waals surface area (Å²) in [7, 11) is 2.17. The molecule has 1 aromatic carbocycles. The Hall–Kier alpha value is -2.45. The molecule has 1 atom stereocenters. The summed E-state index contributed by atoms with van der Waals surface area (Å²) in [6.07, 6.45) is -7.81. The van der Waals surface area contributed by atoms with E-state index in [1.807, 2.05) is 12.1 Å². The molecule has 1 aromatic rings. The zero-order valence-corrected chi connectivity index (χ0v) is 18.1. The molecule has 0 bridgehead atoms. The summed E-state index contributed by atoms with van der Waals surface area (Å²) in [5, 5.41) is 14.2. The minimum atomic E-state index is -5.08. The van der Waals surface area contributed by atoms with Crippen LogP contribution in [0, 0.1) is 5.82 Å². The molecule has 2 aliphatic rings. The monoisotopic (exact) mass is 506 g/mol. The first-order valence-electron chi connectivity index (χ1n) is 9.94. The Labute approximate surface area is 190 Å². The summed E-state index contributed by atoms with van der Waals surface area (Å²) < 4.78 is 82.5. The second kappa shape index (κ2) is 12.3. The van der Waals surface area contributed by atoms with E-state index in [-0.39, 0.29) is 11.4 Å². The third-order valence-corrected chi connectivity index (χ3v) is 4.86. The molecule has 2 saturated heterocycles.